The number of hydrogen-bond acceptors (Lipinski definition) is 7. The van der Waals surface area contributed by atoms with Gasteiger partial charge in [0.15, 0.2) is 10.9 Å². The summed E-state index contributed by atoms with van der Waals surface area (Å²) in [6.07, 6.45) is 3.17. The first-order valence-corrected chi connectivity index (χ1v) is 10.9. The highest BCUT2D eigenvalue weighted by molar-refractivity contribution is 7.14. The van der Waals surface area contributed by atoms with Gasteiger partial charge in [0, 0.05) is 15.1 Å². The smallest absolute Gasteiger partial charge is 0.293 e. The van der Waals surface area contributed by atoms with Gasteiger partial charge in [0.1, 0.15) is 5.76 Å². The lowest BCUT2D eigenvalue weighted by Crippen LogP contribution is -2.31. The molecule has 0 radical (unpaired) electrons. The van der Waals surface area contributed by atoms with Crippen molar-refractivity contribution >= 4 is 39.6 Å². The van der Waals surface area contributed by atoms with Gasteiger partial charge in [-0.2, -0.15) is 0 Å². The molecule has 0 saturated heterocycles. The first-order chi connectivity index (χ1) is 14.6. The summed E-state index contributed by atoms with van der Waals surface area (Å²) in [6.45, 7) is 2.93. The van der Waals surface area contributed by atoms with Crippen LogP contribution in [0.1, 0.15) is 31.8 Å². The van der Waals surface area contributed by atoms with Crippen molar-refractivity contribution in [3.63, 3.8) is 0 Å². The van der Waals surface area contributed by atoms with Crippen LogP contribution in [0.2, 0.25) is 0 Å². The lowest BCUT2D eigenvalue weighted by molar-refractivity contribution is -0.132. The fourth-order valence-corrected chi connectivity index (χ4v) is 4.47. The van der Waals surface area contributed by atoms with Crippen LogP contribution in [0.3, 0.4) is 0 Å². The van der Waals surface area contributed by atoms with E-state index in [0.29, 0.717) is 23.9 Å². The number of thiophene rings is 1. The minimum atomic E-state index is -0.375. The van der Waals surface area contributed by atoms with Crippen LogP contribution in [-0.2, 0) is 24.3 Å². The number of furan rings is 2. The Hall–Kier alpha value is -3.17. The monoisotopic (exact) mass is 441 g/mol. The van der Waals surface area contributed by atoms with Crippen LogP contribution < -0.4 is 5.32 Å². The zero-order valence-electron chi connectivity index (χ0n) is 16.2. The van der Waals surface area contributed by atoms with Gasteiger partial charge in [0.25, 0.3) is 5.91 Å². The second-order valence-electron chi connectivity index (χ2n) is 6.59. The predicted octanol–water partition coefficient (Wildman–Crippen LogP) is 4.72. The number of carbonyl (C=O) groups is 2. The largest absolute Gasteiger partial charge is 0.467 e. The number of aromatic nitrogens is 1. The minimum absolute atomic E-state index is 0.0633. The highest BCUT2D eigenvalue weighted by Crippen LogP contribution is 2.21. The SMILES string of the molecule is Cc1ccc(CN(Cc2ccco2)C(=O)Cc2csc(NC(=O)c3ccco3)n2)s1. The maximum absolute atomic E-state index is 13.0. The van der Waals surface area contributed by atoms with E-state index in [9.17, 15) is 9.59 Å². The first-order valence-electron chi connectivity index (χ1n) is 9.21. The van der Waals surface area contributed by atoms with E-state index in [1.807, 2.05) is 31.2 Å². The quantitative estimate of drug-likeness (QED) is 0.427. The second kappa shape index (κ2) is 9.10. The van der Waals surface area contributed by atoms with Crippen LogP contribution in [0.4, 0.5) is 5.13 Å². The predicted molar refractivity (Wildman–Crippen MR) is 114 cm³/mol. The molecule has 7 nitrogen and oxygen atoms in total. The molecule has 0 aromatic carbocycles. The molecule has 1 N–H and O–H groups in total. The van der Waals surface area contributed by atoms with Crippen molar-refractivity contribution in [3.8, 4) is 0 Å². The standard InChI is InChI=1S/C21H19N3O4S2/c1-14-6-7-17(30-14)12-24(11-16-4-2-8-27-16)19(25)10-15-13-29-21(22-15)23-20(26)18-5-3-9-28-18/h2-9,13H,10-12H2,1H3,(H,22,23,26). The van der Waals surface area contributed by atoms with E-state index in [2.05, 4.69) is 10.3 Å². The lowest BCUT2D eigenvalue weighted by atomic mass is 10.2. The fourth-order valence-electron chi connectivity index (χ4n) is 2.86. The van der Waals surface area contributed by atoms with Gasteiger partial charge in [-0.25, -0.2) is 4.98 Å². The van der Waals surface area contributed by atoms with E-state index < -0.39 is 0 Å². The number of amides is 2. The van der Waals surface area contributed by atoms with Gasteiger partial charge in [-0.3, -0.25) is 14.9 Å². The van der Waals surface area contributed by atoms with Crippen LogP contribution >= 0.6 is 22.7 Å². The Morgan fingerprint density at radius 3 is 2.63 bits per heavy atom. The fraction of sp³-hybridized carbons (Fsp3) is 0.190. The number of hydrogen-bond donors (Lipinski definition) is 1. The van der Waals surface area contributed by atoms with Crippen LogP contribution in [0.25, 0.3) is 0 Å². The van der Waals surface area contributed by atoms with Gasteiger partial charge in [0.05, 0.1) is 37.7 Å². The average Bonchev–Trinajstić information content (AvgIpc) is 3.50. The second-order valence-corrected chi connectivity index (χ2v) is 8.82. The normalized spacial score (nSPS) is 10.8. The summed E-state index contributed by atoms with van der Waals surface area (Å²) in [5.41, 5.74) is 0.603. The average molecular weight is 442 g/mol. The topological polar surface area (TPSA) is 88.6 Å². The van der Waals surface area contributed by atoms with E-state index in [-0.39, 0.29) is 24.0 Å². The van der Waals surface area contributed by atoms with Crippen LogP contribution in [-0.4, -0.2) is 21.7 Å². The number of nitrogens with one attached hydrogen (secondary N) is 1. The molecule has 0 bridgehead atoms. The number of thiazole rings is 1. The maximum Gasteiger partial charge on any atom is 0.293 e. The Morgan fingerprint density at radius 1 is 1.10 bits per heavy atom. The summed E-state index contributed by atoms with van der Waals surface area (Å²) in [6, 6.07) is 11.0. The van der Waals surface area contributed by atoms with Gasteiger partial charge in [0.2, 0.25) is 5.91 Å². The van der Waals surface area contributed by atoms with E-state index in [0.717, 1.165) is 10.6 Å². The van der Waals surface area contributed by atoms with Crippen LogP contribution in [0, 0.1) is 6.92 Å². The number of carbonyl (C=O) groups excluding carboxylic acids is 2. The van der Waals surface area contributed by atoms with Crippen molar-refractivity contribution in [1.82, 2.24) is 9.88 Å². The number of nitrogens with zero attached hydrogens (tertiary/aromatic N) is 2. The Morgan fingerprint density at radius 2 is 1.93 bits per heavy atom. The molecule has 0 unspecified atom stereocenters. The molecule has 9 heteroatoms. The molecule has 0 saturated carbocycles. The van der Waals surface area contributed by atoms with Crippen molar-refractivity contribution in [2.24, 2.45) is 0 Å². The Kier molecular flexibility index (Phi) is 6.10. The summed E-state index contributed by atoms with van der Waals surface area (Å²) in [7, 11) is 0. The van der Waals surface area contributed by atoms with E-state index in [1.165, 1.54) is 22.5 Å². The molecule has 30 heavy (non-hydrogen) atoms. The minimum Gasteiger partial charge on any atom is -0.467 e. The van der Waals surface area contributed by atoms with E-state index in [4.69, 9.17) is 8.83 Å². The van der Waals surface area contributed by atoms with E-state index in [1.54, 1.807) is 40.0 Å². The first kappa shape index (κ1) is 20.1. The third-order valence-corrected chi connectivity index (χ3v) is 6.06. The van der Waals surface area contributed by atoms with Crippen molar-refractivity contribution in [2.45, 2.75) is 26.4 Å². The zero-order chi connectivity index (χ0) is 20.9. The third-order valence-electron chi connectivity index (χ3n) is 4.27. The van der Waals surface area contributed by atoms with Gasteiger partial charge in [-0.1, -0.05) is 0 Å². The lowest BCUT2D eigenvalue weighted by Gasteiger charge is -2.20. The van der Waals surface area contributed by atoms with Crippen molar-refractivity contribution in [1.29, 1.82) is 0 Å². The Labute approximate surface area is 181 Å². The molecule has 0 aliphatic rings. The molecule has 0 aliphatic carbocycles. The summed E-state index contributed by atoms with van der Waals surface area (Å²) in [5.74, 6) is 0.492. The highest BCUT2D eigenvalue weighted by atomic mass is 32.1. The van der Waals surface area contributed by atoms with Gasteiger partial charge >= 0.3 is 0 Å². The summed E-state index contributed by atoms with van der Waals surface area (Å²) < 4.78 is 10.5. The highest BCUT2D eigenvalue weighted by Gasteiger charge is 2.19. The van der Waals surface area contributed by atoms with Gasteiger partial charge < -0.3 is 13.7 Å². The van der Waals surface area contributed by atoms with Crippen molar-refractivity contribution in [2.75, 3.05) is 5.32 Å². The Balaban J connectivity index is 1.42. The molecule has 154 valence electrons. The molecule has 2 amide bonds. The molecule has 0 spiro atoms. The summed E-state index contributed by atoms with van der Waals surface area (Å²) in [4.78, 5) is 33.5. The molecule has 4 rings (SSSR count). The van der Waals surface area contributed by atoms with E-state index >= 15 is 0 Å². The van der Waals surface area contributed by atoms with Gasteiger partial charge in [-0.05, 0) is 43.3 Å². The molecule has 0 fully saturated rings. The van der Waals surface area contributed by atoms with Crippen LogP contribution in [0.5, 0.6) is 0 Å². The molecular formula is C21H19N3O4S2. The molecule has 4 aromatic rings. The molecule has 0 atom stereocenters. The molecule has 4 aromatic heterocycles. The van der Waals surface area contributed by atoms with Crippen LogP contribution in [0.15, 0.2) is 63.1 Å². The maximum atomic E-state index is 13.0. The zero-order valence-corrected chi connectivity index (χ0v) is 17.8. The van der Waals surface area contributed by atoms with Gasteiger partial charge in [-0.15, -0.1) is 22.7 Å². The Bertz CT molecular complexity index is 1110. The third kappa shape index (κ3) is 5.05. The van der Waals surface area contributed by atoms with Crippen molar-refractivity contribution < 1.29 is 18.4 Å². The number of anilines is 1. The molecule has 4 heterocycles. The summed E-state index contributed by atoms with van der Waals surface area (Å²) >= 11 is 2.94. The van der Waals surface area contributed by atoms with Crippen molar-refractivity contribution in [3.05, 3.63) is 81.3 Å². The number of aryl methyl sites for hydroxylation is 1. The number of rotatable bonds is 8. The molecule has 0 aliphatic heterocycles. The molecular weight excluding hydrogens is 422 g/mol. The summed E-state index contributed by atoms with van der Waals surface area (Å²) in [5, 5.41) is 4.88.